The van der Waals surface area contributed by atoms with Crippen molar-refractivity contribution < 1.29 is 22.4 Å². The van der Waals surface area contributed by atoms with Crippen molar-refractivity contribution in [1.29, 1.82) is 0 Å². The maximum atomic E-state index is 12.6. The number of carbonyl (C=O) groups excluding carboxylic acids is 2. The molecule has 0 saturated carbocycles. The van der Waals surface area contributed by atoms with E-state index in [1.807, 2.05) is 0 Å². The van der Waals surface area contributed by atoms with Crippen LogP contribution in [0.25, 0.3) is 0 Å². The van der Waals surface area contributed by atoms with Gasteiger partial charge in [0.15, 0.2) is 5.76 Å². The van der Waals surface area contributed by atoms with E-state index in [0.29, 0.717) is 11.4 Å². The van der Waals surface area contributed by atoms with Crippen molar-refractivity contribution in [3.8, 4) is 0 Å². The fraction of sp³-hybridized carbons (Fsp3) is 0.143. The summed E-state index contributed by atoms with van der Waals surface area (Å²) in [4.78, 5) is 24.7. The summed E-state index contributed by atoms with van der Waals surface area (Å²) in [7, 11) is -3.72. The van der Waals surface area contributed by atoms with Gasteiger partial charge in [-0.05, 0) is 62.4 Å². The molecular weight excluding hydrogens is 406 g/mol. The summed E-state index contributed by atoms with van der Waals surface area (Å²) in [6, 6.07) is 15.2. The van der Waals surface area contributed by atoms with Crippen LogP contribution in [-0.4, -0.2) is 26.3 Å². The predicted octanol–water partition coefficient (Wildman–Crippen LogP) is 3.47. The third-order valence-corrected chi connectivity index (χ3v) is 5.58. The van der Waals surface area contributed by atoms with Crippen LogP contribution in [0.1, 0.15) is 34.8 Å². The number of benzene rings is 2. The van der Waals surface area contributed by atoms with Crippen LogP contribution in [-0.2, 0) is 10.0 Å². The van der Waals surface area contributed by atoms with Crippen LogP contribution >= 0.6 is 0 Å². The Morgan fingerprint density at radius 2 is 1.53 bits per heavy atom. The first kappa shape index (κ1) is 21.3. The highest BCUT2D eigenvalue weighted by Crippen LogP contribution is 2.18. The molecule has 3 N–H and O–H groups in total. The number of sulfonamides is 1. The van der Waals surface area contributed by atoms with Gasteiger partial charge in [-0.2, -0.15) is 0 Å². The van der Waals surface area contributed by atoms with E-state index in [4.69, 9.17) is 4.42 Å². The second kappa shape index (κ2) is 8.93. The lowest BCUT2D eigenvalue weighted by atomic mass is 10.2. The van der Waals surface area contributed by atoms with Crippen molar-refractivity contribution in [2.24, 2.45) is 0 Å². The molecule has 2 aromatic carbocycles. The van der Waals surface area contributed by atoms with Gasteiger partial charge in [-0.1, -0.05) is 12.1 Å². The zero-order chi connectivity index (χ0) is 21.7. The predicted molar refractivity (Wildman–Crippen MR) is 113 cm³/mol. The maximum Gasteiger partial charge on any atom is 0.291 e. The standard InChI is InChI=1S/C21H21N3O5S/c1-14(2)24-30(27,28)18-9-3-6-15(12-18)20(25)22-16-7-4-8-17(13-16)23-21(26)19-10-5-11-29-19/h3-14,24H,1-2H3,(H,22,25)(H,23,26). The van der Waals surface area contributed by atoms with Gasteiger partial charge < -0.3 is 15.1 Å². The molecule has 156 valence electrons. The fourth-order valence-electron chi connectivity index (χ4n) is 2.66. The zero-order valence-corrected chi connectivity index (χ0v) is 17.2. The van der Waals surface area contributed by atoms with Gasteiger partial charge in [-0.3, -0.25) is 9.59 Å². The first-order valence-corrected chi connectivity index (χ1v) is 10.6. The van der Waals surface area contributed by atoms with Crippen molar-refractivity contribution >= 4 is 33.2 Å². The Hall–Kier alpha value is -3.43. The molecule has 3 rings (SSSR count). The molecule has 0 atom stereocenters. The second-order valence-electron chi connectivity index (χ2n) is 6.77. The van der Waals surface area contributed by atoms with Crippen molar-refractivity contribution in [3.63, 3.8) is 0 Å². The van der Waals surface area contributed by atoms with Crippen LogP contribution in [0.15, 0.2) is 76.2 Å². The van der Waals surface area contributed by atoms with Gasteiger partial charge in [0, 0.05) is 23.0 Å². The summed E-state index contributed by atoms with van der Waals surface area (Å²) < 4.78 is 32.2. The second-order valence-corrected chi connectivity index (χ2v) is 8.48. The third kappa shape index (κ3) is 5.34. The molecule has 0 aliphatic carbocycles. The minimum Gasteiger partial charge on any atom is -0.459 e. The number of nitrogens with one attached hydrogen (secondary N) is 3. The lowest BCUT2D eigenvalue weighted by molar-refractivity contribution is 0.0995. The highest BCUT2D eigenvalue weighted by molar-refractivity contribution is 7.89. The van der Waals surface area contributed by atoms with Crippen LogP contribution in [0.4, 0.5) is 11.4 Å². The van der Waals surface area contributed by atoms with Gasteiger partial charge in [0.1, 0.15) is 0 Å². The topological polar surface area (TPSA) is 118 Å². The molecule has 1 heterocycles. The Morgan fingerprint density at radius 3 is 2.17 bits per heavy atom. The number of rotatable bonds is 7. The minimum atomic E-state index is -3.72. The highest BCUT2D eigenvalue weighted by atomic mass is 32.2. The number of hydrogen-bond acceptors (Lipinski definition) is 5. The Morgan fingerprint density at radius 1 is 0.867 bits per heavy atom. The average Bonchev–Trinajstić information content (AvgIpc) is 3.22. The molecule has 0 spiro atoms. The largest absolute Gasteiger partial charge is 0.459 e. The van der Waals surface area contributed by atoms with E-state index in [1.54, 1.807) is 44.2 Å². The Bertz CT molecular complexity index is 1150. The molecule has 8 nitrogen and oxygen atoms in total. The molecule has 2 amide bonds. The molecule has 1 aromatic heterocycles. The normalized spacial score (nSPS) is 11.3. The van der Waals surface area contributed by atoms with E-state index in [2.05, 4.69) is 15.4 Å². The average molecular weight is 427 g/mol. The van der Waals surface area contributed by atoms with E-state index < -0.39 is 21.8 Å². The van der Waals surface area contributed by atoms with E-state index in [9.17, 15) is 18.0 Å². The van der Waals surface area contributed by atoms with Crippen LogP contribution in [0.5, 0.6) is 0 Å². The smallest absolute Gasteiger partial charge is 0.291 e. The van der Waals surface area contributed by atoms with Crippen molar-refractivity contribution in [1.82, 2.24) is 4.72 Å². The van der Waals surface area contributed by atoms with Gasteiger partial charge in [-0.25, -0.2) is 13.1 Å². The lowest BCUT2D eigenvalue weighted by Gasteiger charge is -2.11. The molecule has 30 heavy (non-hydrogen) atoms. The van der Waals surface area contributed by atoms with Gasteiger partial charge >= 0.3 is 0 Å². The number of hydrogen-bond donors (Lipinski definition) is 3. The molecule has 9 heteroatoms. The first-order chi connectivity index (χ1) is 14.2. The van der Waals surface area contributed by atoms with E-state index in [0.717, 1.165) is 0 Å². The minimum absolute atomic E-state index is 0.00307. The summed E-state index contributed by atoms with van der Waals surface area (Å²) in [5.74, 6) is -0.734. The summed E-state index contributed by atoms with van der Waals surface area (Å²) in [6.07, 6.45) is 1.40. The maximum absolute atomic E-state index is 12.6. The Labute approximate surface area is 174 Å². The van der Waals surface area contributed by atoms with Gasteiger partial charge in [-0.15, -0.1) is 0 Å². The van der Waals surface area contributed by atoms with Crippen LogP contribution < -0.4 is 15.4 Å². The summed E-state index contributed by atoms with van der Waals surface area (Å²) in [6.45, 7) is 3.43. The quantitative estimate of drug-likeness (QED) is 0.534. The molecule has 0 radical (unpaired) electrons. The Balaban J connectivity index is 1.73. The monoisotopic (exact) mass is 427 g/mol. The van der Waals surface area contributed by atoms with Crippen LogP contribution in [0.3, 0.4) is 0 Å². The molecule has 0 fully saturated rings. The van der Waals surface area contributed by atoms with E-state index in [-0.39, 0.29) is 22.3 Å². The zero-order valence-electron chi connectivity index (χ0n) is 16.4. The number of anilines is 2. The third-order valence-electron chi connectivity index (χ3n) is 3.92. The number of carbonyl (C=O) groups is 2. The van der Waals surface area contributed by atoms with E-state index >= 15 is 0 Å². The van der Waals surface area contributed by atoms with Crippen LogP contribution in [0.2, 0.25) is 0 Å². The summed E-state index contributed by atoms with van der Waals surface area (Å²) >= 11 is 0. The first-order valence-electron chi connectivity index (χ1n) is 9.13. The number of amides is 2. The SMILES string of the molecule is CC(C)NS(=O)(=O)c1cccc(C(=O)Nc2cccc(NC(=O)c3ccco3)c2)c1. The fourth-order valence-corrected chi connectivity index (χ4v) is 3.96. The molecular formula is C21H21N3O5S. The molecule has 0 bridgehead atoms. The van der Waals surface area contributed by atoms with Crippen molar-refractivity contribution in [2.45, 2.75) is 24.8 Å². The van der Waals surface area contributed by atoms with Crippen molar-refractivity contribution in [2.75, 3.05) is 10.6 Å². The van der Waals surface area contributed by atoms with Crippen LogP contribution in [0, 0.1) is 0 Å². The Kier molecular flexibility index (Phi) is 6.34. The molecule has 0 unspecified atom stereocenters. The number of furan rings is 1. The molecule has 3 aromatic rings. The van der Waals surface area contributed by atoms with Gasteiger partial charge in [0.25, 0.3) is 11.8 Å². The summed E-state index contributed by atoms with van der Waals surface area (Å²) in [5.41, 5.74) is 1.09. The molecule has 0 aliphatic rings. The van der Waals surface area contributed by atoms with Gasteiger partial charge in [0.2, 0.25) is 10.0 Å². The lowest BCUT2D eigenvalue weighted by Crippen LogP contribution is -2.30. The van der Waals surface area contributed by atoms with E-state index in [1.165, 1.54) is 36.6 Å². The molecule has 0 saturated heterocycles. The molecule has 0 aliphatic heterocycles. The van der Waals surface area contributed by atoms with Gasteiger partial charge in [0.05, 0.1) is 11.2 Å². The van der Waals surface area contributed by atoms with Crippen molar-refractivity contribution in [3.05, 3.63) is 78.3 Å². The summed E-state index contributed by atoms with van der Waals surface area (Å²) in [5, 5.41) is 5.37. The highest BCUT2D eigenvalue weighted by Gasteiger charge is 2.17.